The highest BCUT2D eigenvalue weighted by molar-refractivity contribution is 7.91. The number of nitrogens with zero attached hydrogens (tertiary/aromatic N) is 4. The van der Waals surface area contributed by atoms with Crippen LogP contribution in [0.3, 0.4) is 0 Å². The fraction of sp³-hybridized carbons (Fsp3) is 0.500. The van der Waals surface area contributed by atoms with E-state index in [-0.39, 0.29) is 34.0 Å². The van der Waals surface area contributed by atoms with Crippen LogP contribution < -0.4 is 9.80 Å². The van der Waals surface area contributed by atoms with Gasteiger partial charge in [-0.15, -0.1) is 0 Å². The van der Waals surface area contributed by atoms with Crippen molar-refractivity contribution in [2.24, 2.45) is 0 Å². The van der Waals surface area contributed by atoms with Gasteiger partial charge in [-0.25, -0.2) is 21.6 Å². The maximum atomic E-state index is 14.7. The number of anilines is 2. The molecule has 3 aliphatic heterocycles. The van der Waals surface area contributed by atoms with Crippen molar-refractivity contribution in [3.05, 3.63) is 106 Å². The lowest BCUT2D eigenvalue weighted by molar-refractivity contribution is -0.137. The Labute approximate surface area is 376 Å². The number of carbonyl (C=O) groups is 3. The van der Waals surface area contributed by atoms with E-state index in [1.807, 2.05) is 31.2 Å². The molecule has 4 aliphatic rings. The van der Waals surface area contributed by atoms with Gasteiger partial charge in [0.2, 0.25) is 0 Å². The number of amides is 4. The first-order valence-electron chi connectivity index (χ1n) is 22.4. The van der Waals surface area contributed by atoms with Gasteiger partial charge in [0.1, 0.15) is 5.57 Å². The average Bonchev–Trinajstić information content (AvgIpc) is 3.78. The van der Waals surface area contributed by atoms with Gasteiger partial charge in [0.05, 0.1) is 9.79 Å². The molecule has 6 rings (SSSR count). The summed E-state index contributed by atoms with van der Waals surface area (Å²) in [6.45, 7) is 22.6. The second-order valence-corrected chi connectivity index (χ2v) is 23.0. The normalized spacial score (nSPS) is 22.5. The zero-order valence-electron chi connectivity index (χ0n) is 39.4. The maximum Gasteiger partial charge on any atom is 0.334 e. The molecule has 2 unspecified atom stereocenters. The van der Waals surface area contributed by atoms with Gasteiger partial charge in [-0.2, -0.15) is 0 Å². The summed E-state index contributed by atoms with van der Waals surface area (Å²) < 4.78 is 50.9. The number of carbonyl (C=O) groups excluding carboxylic acids is 3. The van der Waals surface area contributed by atoms with Gasteiger partial charge in [0.15, 0.2) is 19.7 Å². The first-order valence-corrected chi connectivity index (χ1v) is 26.2. The molecular formula is C50H66N4O7S2. The fourth-order valence-corrected chi connectivity index (χ4v) is 10.8. The molecule has 2 aromatic carbocycles. The Morgan fingerprint density at radius 1 is 0.619 bits per heavy atom. The third kappa shape index (κ3) is 8.40. The minimum Gasteiger partial charge on any atom is -0.341 e. The predicted octanol–water partition coefficient (Wildman–Crippen LogP) is 9.70. The molecule has 2 fully saturated rings. The SMILES string of the molecule is CCCCN1C(=O)C(=C2/C(=C/C=C3/N(C(C)CC)c4ccc(S(C)(=O)=O)cc4C3(C)C)CC/C2=C\C=C2\N(C(C)CC)c3ccc(S(C)(=O)=O)cc3C2(C)C)C(=O)N(C(C)C)C1=O. The number of fused-ring (bicyclic) bond motifs is 2. The number of rotatable bonds is 12. The van der Waals surface area contributed by atoms with E-state index in [1.54, 1.807) is 38.1 Å². The fourth-order valence-electron chi connectivity index (χ4n) is 9.52. The number of benzene rings is 2. The van der Waals surface area contributed by atoms with Crippen LogP contribution in [0.25, 0.3) is 0 Å². The number of barbiturate groups is 1. The van der Waals surface area contributed by atoms with Crippen LogP contribution in [0.4, 0.5) is 16.2 Å². The number of urea groups is 1. The molecule has 0 bridgehead atoms. The van der Waals surface area contributed by atoms with Crippen LogP contribution in [0.15, 0.2) is 104 Å². The third-order valence-electron chi connectivity index (χ3n) is 13.5. The van der Waals surface area contributed by atoms with Crippen molar-refractivity contribution < 1.29 is 31.2 Å². The molecular weight excluding hydrogens is 833 g/mol. The summed E-state index contributed by atoms with van der Waals surface area (Å²) in [5.41, 5.74) is 6.47. The van der Waals surface area contributed by atoms with Gasteiger partial charge in [-0.1, -0.05) is 67.0 Å². The van der Waals surface area contributed by atoms with Crippen LogP contribution in [-0.2, 0) is 40.1 Å². The first-order chi connectivity index (χ1) is 29.3. The Bertz CT molecular complexity index is 2490. The van der Waals surface area contributed by atoms with Crippen LogP contribution in [0.2, 0.25) is 0 Å². The Morgan fingerprint density at radius 3 is 1.41 bits per heavy atom. The zero-order chi connectivity index (χ0) is 46.7. The molecule has 1 saturated heterocycles. The Balaban J connectivity index is 1.60. The number of imide groups is 2. The van der Waals surface area contributed by atoms with Gasteiger partial charge < -0.3 is 9.80 Å². The van der Waals surface area contributed by atoms with E-state index in [2.05, 4.69) is 77.3 Å². The molecule has 3 heterocycles. The number of allylic oxidation sites excluding steroid dienone is 9. The minimum absolute atomic E-state index is 0.0257. The highest BCUT2D eigenvalue weighted by Gasteiger charge is 2.47. The molecule has 4 amide bonds. The Kier molecular flexibility index (Phi) is 13.1. The van der Waals surface area contributed by atoms with E-state index in [1.165, 1.54) is 22.3 Å². The molecule has 0 spiro atoms. The summed E-state index contributed by atoms with van der Waals surface area (Å²) >= 11 is 0. The molecule has 1 saturated carbocycles. The van der Waals surface area contributed by atoms with Crippen LogP contribution in [-0.4, -0.2) is 81.7 Å². The van der Waals surface area contributed by atoms with Crippen molar-refractivity contribution in [2.75, 3.05) is 28.9 Å². The largest absolute Gasteiger partial charge is 0.341 e. The van der Waals surface area contributed by atoms with Crippen LogP contribution in [0, 0.1) is 0 Å². The molecule has 1 aliphatic carbocycles. The molecule has 2 aromatic rings. The van der Waals surface area contributed by atoms with Crippen molar-refractivity contribution in [2.45, 2.75) is 153 Å². The van der Waals surface area contributed by atoms with E-state index < -0.39 is 54.4 Å². The van der Waals surface area contributed by atoms with Crippen molar-refractivity contribution in [1.82, 2.24) is 9.80 Å². The molecule has 11 nitrogen and oxygen atoms in total. The maximum absolute atomic E-state index is 14.7. The van der Waals surface area contributed by atoms with Crippen LogP contribution >= 0.6 is 0 Å². The van der Waals surface area contributed by atoms with Gasteiger partial charge in [-0.05, 0) is 136 Å². The molecule has 2 atom stereocenters. The summed E-state index contributed by atoms with van der Waals surface area (Å²) in [5.74, 6) is -1.22. The Morgan fingerprint density at radius 2 is 1.05 bits per heavy atom. The second-order valence-electron chi connectivity index (χ2n) is 19.0. The Hall–Kier alpha value is -4.75. The molecule has 63 heavy (non-hydrogen) atoms. The van der Waals surface area contributed by atoms with Crippen LogP contribution in [0.5, 0.6) is 0 Å². The zero-order valence-corrected chi connectivity index (χ0v) is 41.1. The molecule has 13 heteroatoms. The molecule has 0 aromatic heterocycles. The predicted molar refractivity (Wildman–Crippen MR) is 252 cm³/mol. The van der Waals surface area contributed by atoms with Gasteiger partial charge in [0, 0.05) is 70.8 Å². The summed E-state index contributed by atoms with van der Waals surface area (Å²) in [6.07, 6.45) is 14.6. The monoisotopic (exact) mass is 898 g/mol. The lowest BCUT2D eigenvalue weighted by atomic mass is 9.83. The van der Waals surface area contributed by atoms with Crippen LogP contribution in [0.1, 0.15) is 126 Å². The van der Waals surface area contributed by atoms with Crippen molar-refractivity contribution in [1.29, 1.82) is 0 Å². The summed E-state index contributed by atoms with van der Waals surface area (Å²) in [5, 5.41) is 0. The molecule has 0 radical (unpaired) electrons. The standard InChI is InChI=1S/C50H66N4O7S2/c1-14-17-28-51-46(55)45(47(56)52(31(4)5)48(51)57)44-34(20-26-42-49(8,9)38-29-36(62(12,58)59)22-24-40(38)53(42)32(6)15-2)18-19-35(44)21-27-43-50(10,11)39-30-37(63(13,60)61)23-25-41(39)54(43)33(7)16-3/h20-27,29-33H,14-19,28H2,1-13H3/b34-20+,35-21+,42-26+,43-27+,45-44?. The summed E-state index contributed by atoms with van der Waals surface area (Å²) in [4.78, 5) is 50.7. The topological polar surface area (TPSA) is 132 Å². The van der Waals surface area contributed by atoms with Crippen molar-refractivity contribution >= 4 is 48.9 Å². The van der Waals surface area contributed by atoms with Crippen molar-refractivity contribution in [3.8, 4) is 0 Å². The third-order valence-corrected chi connectivity index (χ3v) is 15.8. The number of hydrogen-bond acceptors (Lipinski definition) is 9. The van der Waals surface area contributed by atoms with Crippen molar-refractivity contribution in [3.63, 3.8) is 0 Å². The van der Waals surface area contributed by atoms with Gasteiger partial charge in [-0.3, -0.25) is 19.4 Å². The highest BCUT2D eigenvalue weighted by atomic mass is 32.2. The summed E-state index contributed by atoms with van der Waals surface area (Å²) in [6, 6.07) is 9.70. The van der Waals surface area contributed by atoms with E-state index in [0.29, 0.717) is 24.8 Å². The minimum atomic E-state index is -3.46. The lowest BCUT2D eigenvalue weighted by Gasteiger charge is -2.37. The summed E-state index contributed by atoms with van der Waals surface area (Å²) in [7, 11) is -6.93. The van der Waals surface area contributed by atoms with Gasteiger partial charge in [0.25, 0.3) is 11.8 Å². The highest BCUT2D eigenvalue weighted by Crippen LogP contribution is 2.52. The molecule has 0 N–H and O–H groups in total. The van der Waals surface area contributed by atoms with Gasteiger partial charge >= 0.3 is 6.03 Å². The smallest absolute Gasteiger partial charge is 0.334 e. The first kappa shape index (κ1) is 47.7. The number of unbranched alkanes of at least 4 members (excludes halogenated alkanes) is 1. The van der Waals surface area contributed by atoms with E-state index in [9.17, 15) is 31.2 Å². The molecule has 340 valence electrons. The van der Waals surface area contributed by atoms with E-state index in [0.717, 1.165) is 64.3 Å². The lowest BCUT2D eigenvalue weighted by Crippen LogP contribution is -2.58. The second kappa shape index (κ2) is 17.3. The number of sulfone groups is 2. The van der Waals surface area contributed by atoms with E-state index >= 15 is 0 Å². The number of hydrogen-bond donors (Lipinski definition) is 0. The quantitative estimate of drug-likeness (QED) is 0.151. The van der Waals surface area contributed by atoms with E-state index in [4.69, 9.17) is 0 Å². The average molecular weight is 899 g/mol.